The minimum atomic E-state index is 0.170. The molecule has 0 saturated carbocycles. The number of thiophene rings is 1. The van der Waals surface area contributed by atoms with Gasteiger partial charge in [0.1, 0.15) is 5.01 Å². The molecule has 6 heteroatoms. The number of halogens is 1. The van der Waals surface area contributed by atoms with Gasteiger partial charge in [0.15, 0.2) is 0 Å². The van der Waals surface area contributed by atoms with Crippen LogP contribution in [0.2, 0.25) is 5.02 Å². The van der Waals surface area contributed by atoms with E-state index in [1.165, 1.54) is 4.88 Å². The number of thiazole rings is 1. The Labute approximate surface area is 155 Å². The van der Waals surface area contributed by atoms with Gasteiger partial charge in [-0.15, -0.1) is 22.7 Å². The summed E-state index contributed by atoms with van der Waals surface area (Å²) >= 11 is 9.78. The number of aromatic nitrogens is 1. The number of rotatable bonds is 6. The van der Waals surface area contributed by atoms with Crippen molar-refractivity contribution < 1.29 is 0 Å². The van der Waals surface area contributed by atoms with Crippen LogP contribution in [0, 0.1) is 13.8 Å². The predicted octanol–water partition coefficient (Wildman–Crippen LogP) is 5.13. The molecule has 0 unspecified atom stereocenters. The molecule has 0 radical (unpaired) electrons. The van der Waals surface area contributed by atoms with Gasteiger partial charge in [0.05, 0.1) is 6.04 Å². The van der Waals surface area contributed by atoms with E-state index in [1.807, 2.05) is 31.5 Å². The Morgan fingerprint density at radius 2 is 2.08 bits per heavy atom. The van der Waals surface area contributed by atoms with Gasteiger partial charge < -0.3 is 11.1 Å². The molecule has 0 aliphatic rings. The Morgan fingerprint density at radius 3 is 2.75 bits per heavy atom. The van der Waals surface area contributed by atoms with Crippen LogP contribution in [-0.4, -0.2) is 4.98 Å². The van der Waals surface area contributed by atoms with Crippen molar-refractivity contribution in [1.29, 1.82) is 0 Å². The van der Waals surface area contributed by atoms with Gasteiger partial charge in [0.2, 0.25) is 0 Å². The molecule has 24 heavy (non-hydrogen) atoms. The van der Waals surface area contributed by atoms with E-state index in [4.69, 9.17) is 17.3 Å². The summed E-state index contributed by atoms with van der Waals surface area (Å²) in [6.45, 7) is 4.69. The Morgan fingerprint density at radius 1 is 1.25 bits per heavy atom. The van der Waals surface area contributed by atoms with Gasteiger partial charge in [-0.2, -0.15) is 0 Å². The summed E-state index contributed by atoms with van der Waals surface area (Å²) < 4.78 is 0. The highest BCUT2D eigenvalue weighted by Gasteiger charge is 2.17. The Bertz CT molecular complexity index is 798. The van der Waals surface area contributed by atoms with Crippen molar-refractivity contribution in [3.63, 3.8) is 0 Å². The normalized spacial score (nSPS) is 12.5. The molecule has 3 rings (SSSR count). The van der Waals surface area contributed by atoms with Crippen molar-refractivity contribution in [3.05, 3.63) is 66.8 Å². The molecule has 0 aliphatic carbocycles. The lowest BCUT2D eigenvalue weighted by molar-refractivity contribution is 0.531. The van der Waals surface area contributed by atoms with Gasteiger partial charge in [-0.1, -0.05) is 17.7 Å². The van der Waals surface area contributed by atoms with Gasteiger partial charge >= 0.3 is 0 Å². The molecule has 0 amide bonds. The van der Waals surface area contributed by atoms with E-state index in [2.05, 4.69) is 27.8 Å². The molecule has 0 fully saturated rings. The van der Waals surface area contributed by atoms with Crippen molar-refractivity contribution in [2.45, 2.75) is 32.9 Å². The second-order valence-corrected chi connectivity index (χ2v) is 8.13. The molecule has 3 aromatic rings. The molecule has 3 N–H and O–H groups in total. The Kier molecular flexibility index (Phi) is 5.56. The van der Waals surface area contributed by atoms with E-state index in [1.54, 1.807) is 22.7 Å². The summed E-state index contributed by atoms with van der Waals surface area (Å²) in [7, 11) is 0. The molecular weight excluding hydrogens is 358 g/mol. The molecule has 0 spiro atoms. The van der Waals surface area contributed by atoms with Crippen LogP contribution >= 0.6 is 34.3 Å². The lowest BCUT2D eigenvalue weighted by Crippen LogP contribution is -2.23. The molecule has 0 bridgehead atoms. The zero-order valence-electron chi connectivity index (χ0n) is 13.7. The van der Waals surface area contributed by atoms with Gasteiger partial charge in [0, 0.05) is 40.1 Å². The smallest absolute Gasteiger partial charge is 0.110 e. The Balaban J connectivity index is 1.79. The third-order valence-corrected chi connectivity index (χ3v) is 6.43. The van der Waals surface area contributed by atoms with Crippen LogP contribution in [0.5, 0.6) is 0 Å². The molecule has 2 heterocycles. The van der Waals surface area contributed by atoms with Gasteiger partial charge in [-0.25, -0.2) is 4.98 Å². The van der Waals surface area contributed by atoms with Crippen molar-refractivity contribution in [3.8, 4) is 0 Å². The minimum Gasteiger partial charge on any atom is -0.398 e. The quantitative estimate of drug-likeness (QED) is 0.585. The van der Waals surface area contributed by atoms with Gasteiger partial charge in [-0.3, -0.25) is 0 Å². The van der Waals surface area contributed by atoms with Crippen LogP contribution in [0.25, 0.3) is 0 Å². The standard InChI is InChI=1S/C18H20ClN3S2/c1-11-12(2)17(20)13(8-15(11)19)10-22-16(18-21-5-7-24-18)9-14-4-3-6-23-14/h3-8,16,22H,9-10,20H2,1-2H3/t16-/m0/s1. The lowest BCUT2D eigenvalue weighted by atomic mass is 10.0. The fourth-order valence-electron chi connectivity index (χ4n) is 2.62. The molecule has 1 aromatic carbocycles. The number of hydrogen-bond acceptors (Lipinski definition) is 5. The molecule has 3 nitrogen and oxygen atoms in total. The predicted molar refractivity (Wildman–Crippen MR) is 105 cm³/mol. The average molecular weight is 378 g/mol. The van der Waals surface area contributed by atoms with E-state index in [-0.39, 0.29) is 6.04 Å². The number of anilines is 1. The molecule has 2 aromatic heterocycles. The number of nitrogens with one attached hydrogen (secondary N) is 1. The van der Waals surface area contributed by atoms with E-state index in [0.717, 1.165) is 38.8 Å². The first-order chi connectivity index (χ1) is 11.6. The van der Waals surface area contributed by atoms with Crippen LogP contribution in [0.15, 0.2) is 35.2 Å². The summed E-state index contributed by atoms with van der Waals surface area (Å²) in [5.74, 6) is 0. The molecule has 0 saturated heterocycles. The fraction of sp³-hybridized carbons (Fsp3) is 0.278. The minimum absolute atomic E-state index is 0.170. The first kappa shape index (κ1) is 17.4. The maximum Gasteiger partial charge on any atom is 0.110 e. The first-order valence-corrected chi connectivity index (χ1v) is 9.89. The second-order valence-electron chi connectivity index (χ2n) is 5.77. The molecule has 1 atom stereocenters. The highest BCUT2D eigenvalue weighted by molar-refractivity contribution is 7.10. The zero-order valence-corrected chi connectivity index (χ0v) is 16.1. The van der Waals surface area contributed by atoms with Crippen LogP contribution < -0.4 is 11.1 Å². The average Bonchev–Trinajstić information content (AvgIpc) is 3.26. The largest absolute Gasteiger partial charge is 0.398 e. The monoisotopic (exact) mass is 377 g/mol. The van der Waals surface area contributed by atoms with Crippen molar-refractivity contribution in [2.75, 3.05) is 5.73 Å². The number of nitrogens with zero attached hydrogens (tertiary/aromatic N) is 1. The maximum absolute atomic E-state index is 6.33. The van der Waals surface area contributed by atoms with E-state index in [0.29, 0.717) is 6.54 Å². The van der Waals surface area contributed by atoms with Crippen molar-refractivity contribution in [2.24, 2.45) is 0 Å². The maximum atomic E-state index is 6.33. The molecule has 126 valence electrons. The van der Waals surface area contributed by atoms with E-state index < -0.39 is 0 Å². The first-order valence-electron chi connectivity index (χ1n) is 7.75. The van der Waals surface area contributed by atoms with E-state index >= 15 is 0 Å². The summed E-state index contributed by atoms with van der Waals surface area (Å²) in [4.78, 5) is 5.83. The number of hydrogen-bond donors (Lipinski definition) is 2. The molecular formula is C18H20ClN3S2. The summed E-state index contributed by atoms with van der Waals surface area (Å²) in [6, 6.07) is 6.38. The number of benzene rings is 1. The highest BCUT2D eigenvalue weighted by Crippen LogP contribution is 2.29. The van der Waals surface area contributed by atoms with Crippen LogP contribution in [0.1, 0.15) is 32.6 Å². The van der Waals surface area contributed by atoms with Crippen LogP contribution in [0.4, 0.5) is 5.69 Å². The van der Waals surface area contributed by atoms with Crippen molar-refractivity contribution in [1.82, 2.24) is 10.3 Å². The summed E-state index contributed by atoms with van der Waals surface area (Å²) in [6.07, 6.45) is 2.77. The fourth-order valence-corrected chi connectivity index (χ4v) is 4.36. The number of nitrogen functional groups attached to an aromatic ring is 1. The van der Waals surface area contributed by atoms with Crippen molar-refractivity contribution >= 4 is 40.0 Å². The van der Waals surface area contributed by atoms with Crippen LogP contribution in [0.3, 0.4) is 0 Å². The molecule has 0 aliphatic heterocycles. The van der Waals surface area contributed by atoms with E-state index in [9.17, 15) is 0 Å². The highest BCUT2D eigenvalue weighted by atomic mass is 35.5. The Hall–Kier alpha value is -1.40. The number of nitrogens with two attached hydrogens (primary N) is 1. The summed E-state index contributed by atoms with van der Waals surface area (Å²) in [5, 5.41) is 9.59. The van der Waals surface area contributed by atoms with Crippen LogP contribution in [-0.2, 0) is 13.0 Å². The SMILES string of the molecule is Cc1c(Cl)cc(CN[C@@H](Cc2cccs2)c2nccs2)c(N)c1C. The lowest BCUT2D eigenvalue weighted by Gasteiger charge is -2.18. The zero-order chi connectivity index (χ0) is 17.1. The topological polar surface area (TPSA) is 50.9 Å². The van der Waals surface area contributed by atoms with Gasteiger partial charge in [-0.05, 0) is 48.1 Å². The van der Waals surface area contributed by atoms with Gasteiger partial charge in [0.25, 0.3) is 0 Å². The second kappa shape index (κ2) is 7.66. The summed E-state index contributed by atoms with van der Waals surface area (Å²) in [5.41, 5.74) is 10.2. The third-order valence-electron chi connectivity index (χ3n) is 4.25. The third kappa shape index (κ3) is 3.81.